The minimum absolute atomic E-state index is 0.620. The first kappa shape index (κ1) is 14.5. The van der Waals surface area contributed by atoms with Gasteiger partial charge < -0.3 is 9.64 Å². The summed E-state index contributed by atoms with van der Waals surface area (Å²) in [6, 6.07) is 18.9. The number of hydrogen-bond donors (Lipinski definition) is 0. The number of rotatable bonds is 5. The fraction of sp³-hybridized carbons (Fsp3) is 0.200. The zero-order valence-electron chi connectivity index (χ0n) is 12.9. The maximum Gasteiger partial charge on any atom is 0.119 e. The third-order valence-electron chi connectivity index (χ3n) is 3.73. The summed E-state index contributed by atoms with van der Waals surface area (Å²) in [4.78, 5) is 2.28. The smallest absolute Gasteiger partial charge is 0.119 e. The van der Waals surface area contributed by atoms with E-state index in [1.807, 2.05) is 24.3 Å². The Morgan fingerprint density at radius 3 is 2.41 bits per heavy atom. The Kier molecular flexibility index (Phi) is 4.59. The Labute approximate surface area is 132 Å². The van der Waals surface area contributed by atoms with Crippen LogP contribution in [0.1, 0.15) is 16.7 Å². The number of nitrogens with zero attached hydrogens (tertiary/aromatic N) is 1. The van der Waals surface area contributed by atoms with Gasteiger partial charge in [0.15, 0.2) is 0 Å². The Morgan fingerprint density at radius 2 is 1.73 bits per heavy atom. The molecule has 0 N–H and O–H groups in total. The van der Waals surface area contributed by atoms with E-state index < -0.39 is 0 Å². The van der Waals surface area contributed by atoms with E-state index in [0.717, 1.165) is 18.8 Å². The van der Waals surface area contributed by atoms with Crippen molar-refractivity contribution in [1.29, 1.82) is 0 Å². The Balaban J connectivity index is 1.50. The molecule has 0 atom stereocenters. The van der Waals surface area contributed by atoms with Gasteiger partial charge in [0.25, 0.3) is 0 Å². The lowest BCUT2D eigenvalue weighted by molar-refractivity contribution is 0.204. The summed E-state index contributed by atoms with van der Waals surface area (Å²) in [6.45, 7) is 4.55. The molecule has 0 bridgehead atoms. The molecule has 112 valence electrons. The summed E-state index contributed by atoms with van der Waals surface area (Å²) in [6.07, 6.45) is 6.29. The maximum absolute atomic E-state index is 5.83. The van der Waals surface area contributed by atoms with Crippen LogP contribution in [0.3, 0.4) is 0 Å². The zero-order chi connectivity index (χ0) is 15.2. The quantitative estimate of drug-likeness (QED) is 0.808. The maximum atomic E-state index is 5.83. The number of aryl methyl sites for hydroxylation is 1. The Morgan fingerprint density at radius 1 is 0.955 bits per heavy atom. The van der Waals surface area contributed by atoms with E-state index in [-0.39, 0.29) is 0 Å². The van der Waals surface area contributed by atoms with Crippen molar-refractivity contribution in [2.24, 2.45) is 0 Å². The van der Waals surface area contributed by atoms with Crippen molar-refractivity contribution in [3.63, 3.8) is 0 Å². The normalized spacial score (nSPS) is 13.9. The molecule has 1 aliphatic heterocycles. The summed E-state index contributed by atoms with van der Waals surface area (Å²) in [5.41, 5.74) is 3.82. The lowest BCUT2D eigenvalue weighted by Gasteiger charge is -2.23. The van der Waals surface area contributed by atoms with Gasteiger partial charge in [-0.05, 0) is 30.2 Å². The molecule has 2 nitrogen and oxygen atoms in total. The first-order valence-corrected chi connectivity index (χ1v) is 7.64. The van der Waals surface area contributed by atoms with E-state index in [0.29, 0.717) is 6.61 Å². The molecule has 0 saturated heterocycles. The van der Waals surface area contributed by atoms with Crippen LogP contribution in [0.4, 0.5) is 0 Å². The van der Waals surface area contributed by atoms with Crippen LogP contribution >= 0.6 is 0 Å². The topological polar surface area (TPSA) is 12.5 Å². The van der Waals surface area contributed by atoms with E-state index in [2.05, 4.69) is 60.5 Å². The van der Waals surface area contributed by atoms with Crippen molar-refractivity contribution in [2.75, 3.05) is 6.54 Å². The number of ether oxygens (including phenoxy) is 1. The average Bonchev–Trinajstić information content (AvgIpc) is 2.57. The summed E-state index contributed by atoms with van der Waals surface area (Å²) in [7, 11) is 0. The van der Waals surface area contributed by atoms with Gasteiger partial charge in [-0.2, -0.15) is 0 Å². The molecular formula is C20H21NO. The lowest BCUT2D eigenvalue weighted by atomic mass is 10.1. The van der Waals surface area contributed by atoms with Crippen molar-refractivity contribution in [1.82, 2.24) is 4.90 Å². The highest BCUT2D eigenvalue weighted by Crippen LogP contribution is 2.14. The van der Waals surface area contributed by atoms with Crippen LogP contribution in [0.25, 0.3) is 0 Å². The van der Waals surface area contributed by atoms with Crippen LogP contribution in [0.15, 0.2) is 78.7 Å². The number of hydrogen-bond acceptors (Lipinski definition) is 2. The van der Waals surface area contributed by atoms with E-state index in [1.165, 1.54) is 16.7 Å². The average molecular weight is 291 g/mol. The highest BCUT2D eigenvalue weighted by Gasteiger charge is 2.06. The molecule has 0 amide bonds. The van der Waals surface area contributed by atoms with Crippen molar-refractivity contribution >= 4 is 0 Å². The minimum atomic E-state index is 0.620. The summed E-state index contributed by atoms with van der Waals surface area (Å²) in [5.74, 6) is 0.948. The largest absolute Gasteiger partial charge is 0.489 e. The van der Waals surface area contributed by atoms with Gasteiger partial charge in [0.1, 0.15) is 12.4 Å². The summed E-state index contributed by atoms with van der Waals surface area (Å²) < 4.78 is 5.83. The molecule has 0 saturated carbocycles. The van der Waals surface area contributed by atoms with Crippen molar-refractivity contribution < 1.29 is 4.74 Å². The van der Waals surface area contributed by atoms with Gasteiger partial charge in [0.2, 0.25) is 0 Å². The summed E-state index contributed by atoms with van der Waals surface area (Å²) in [5, 5.41) is 0. The summed E-state index contributed by atoms with van der Waals surface area (Å²) >= 11 is 0. The van der Waals surface area contributed by atoms with Gasteiger partial charge in [-0.25, -0.2) is 0 Å². The Hall–Kier alpha value is -2.48. The third kappa shape index (κ3) is 4.01. The molecular weight excluding hydrogens is 270 g/mol. The molecule has 3 rings (SSSR count). The highest BCUT2D eigenvalue weighted by atomic mass is 16.5. The second-order valence-corrected chi connectivity index (χ2v) is 5.61. The molecule has 2 aromatic carbocycles. The predicted octanol–water partition coefficient (Wildman–Crippen LogP) is 4.43. The Bertz CT molecular complexity index is 656. The monoisotopic (exact) mass is 291 g/mol. The highest BCUT2D eigenvalue weighted by molar-refractivity contribution is 5.23. The van der Waals surface area contributed by atoms with Gasteiger partial charge in [-0.3, -0.25) is 0 Å². The van der Waals surface area contributed by atoms with Crippen LogP contribution < -0.4 is 0 Å². The van der Waals surface area contributed by atoms with Crippen molar-refractivity contribution in [2.45, 2.75) is 20.1 Å². The molecule has 2 aromatic rings. The number of benzene rings is 2. The van der Waals surface area contributed by atoms with Gasteiger partial charge in [0.05, 0.1) is 0 Å². The van der Waals surface area contributed by atoms with Crippen LogP contribution in [0, 0.1) is 6.92 Å². The zero-order valence-corrected chi connectivity index (χ0v) is 12.9. The van der Waals surface area contributed by atoms with Crippen LogP contribution in [-0.2, 0) is 17.9 Å². The van der Waals surface area contributed by atoms with Gasteiger partial charge in [-0.15, -0.1) is 0 Å². The molecule has 0 aliphatic carbocycles. The second-order valence-electron chi connectivity index (χ2n) is 5.61. The van der Waals surface area contributed by atoms with Crippen molar-refractivity contribution in [3.8, 4) is 0 Å². The van der Waals surface area contributed by atoms with Crippen LogP contribution in [0.2, 0.25) is 0 Å². The van der Waals surface area contributed by atoms with Crippen LogP contribution in [-0.4, -0.2) is 11.4 Å². The fourth-order valence-electron chi connectivity index (χ4n) is 2.41. The molecule has 1 heterocycles. The number of allylic oxidation sites excluding steroid dienone is 1. The molecule has 0 radical (unpaired) electrons. The standard InChI is InChI=1S/C20H21NO/c1-17-7-9-18(10-8-17)15-21-13-11-20(12-14-21)22-16-19-5-3-2-4-6-19/h2-13H,14-16H2,1H3. The lowest BCUT2D eigenvalue weighted by Crippen LogP contribution is -2.19. The van der Waals surface area contributed by atoms with Gasteiger partial charge in [0, 0.05) is 19.3 Å². The minimum Gasteiger partial charge on any atom is -0.489 e. The second kappa shape index (κ2) is 6.99. The molecule has 22 heavy (non-hydrogen) atoms. The first-order chi connectivity index (χ1) is 10.8. The van der Waals surface area contributed by atoms with E-state index >= 15 is 0 Å². The van der Waals surface area contributed by atoms with Crippen molar-refractivity contribution in [3.05, 3.63) is 95.4 Å². The molecule has 0 spiro atoms. The van der Waals surface area contributed by atoms with Gasteiger partial charge in [-0.1, -0.05) is 60.2 Å². The van der Waals surface area contributed by atoms with E-state index in [1.54, 1.807) is 0 Å². The SMILES string of the molecule is Cc1ccc(CN2C=CC(OCc3ccccc3)=CC2)cc1. The first-order valence-electron chi connectivity index (χ1n) is 7.64. The molecule has 0 aromatic heterocycles. The van der Waals surface area contributed by atoms with Crippen LogP contribution in [0.5, 0.6) is 0 Å². The third-order valence-corrected chi connectivity index (χ3v) is 3.73. The molecule has 0 unspecified atom stereocenters. The van der Waals surface area contributed by atoms with E-state index in [9.17, 15) is 0 Å². The molecule has 2 heteroatoms. The van der Waals surface area contributed by atoms with E-state index in [4.69, 9.17) is 4.74 Å². The molecule has 0 fully saturated rings. The molecule has 1 aliphatic rings. The van der Waals surface area contributed by atoms with Gasteiger partial charge >= 0.3 is 0 Å². The fourth-order valence-corrected chi connectivity index (χ4v) is 2.41. The predicted molar refractivity (Wildman–Crippen MR) is 90.0 cm³/mol.